The van der Waals surface area contributed by atoms with Gasteiger partial charge in [-0.15, -0.1) is 0 Å². The summed E-state index contributed by atoms with van der Waals surface area (Å²) in [5.41, 5.74) is 0. The summed E-state index contributed by atoms with van der Waals surface area (Å²) < 4.78 is 0. The molecule has 2 aliphatic heterocycles. The fourth-order valence-corrected chi connectivity index (χ4v) is 1.06. The molecule has 11 heavy (non-hydrogen) atoms. The fourth-order valence-electron chi connectivity index (χ4n) is 1.06. The predicted octanol–water partition coefficient (Wildman–Crippen LogP) is 0.173. The van der Waals surface area contributed by atoms with Gasteiger partial charge in [0.25, 0.3) is 0 Å². The highest BCUT2D eigenvalue weighted by Crippen LogP contribution is 2.06. The van der Waals surface area contributed by atoms with Crippen LogP contribution in [0.5, 0.6) is 0 Å². The number of aliphatic imine (C=N–C) groups is 2. The largest absolute Gasteiger partial charge is 0.330 e. The van der Waals surface area contributed by atoms with Gasteiger partial charge in [0, 0.05) is 25.4 Å². The maximum atomic E-state index is 10.8. The van der Waals surface area contributed by atoms with Crippen LogP contribution in [-0.4, -0.2) is 29.4 Å². The molecule has 0 atom stereocenters. The summed E-state index contributed by atoms with van der Waals surface area (Å²) in [6.07, 6.45) is 5.61. The van der Waals surface area contributed by atoms with Gasteiger partial charge in [-0.25, -0.2) is 0 Å². The smallest absolute Gasteiger partial charge is 0.249 e. The second-order valence-electron chi connectivity index (χ2n) is 2.38. The molecule has 0 saturated carbocycles. The third-order valence-electron chi connectivity index (χ3n) is 1.62. The summed E-state index contributed by atoms with van der Waals surface area (Å²) >= 11 is 0. The van der Waals surface area contributed by atoms with Crippen LogP contribution in [0.15, 0.2) is 22.4 Å². The van der Waals surface area contributed by atoms with Crippen molar-refractivity contribution < 1.29 is 4.79 Å². The number of fused-ring (bicyclic) bond motifs is 1. The van der Waals surface area contributed by atoms with Gasteiger partial charge in [-0.05, 0) is 0 Å². The molecule has 2 heterocycles. The van der Waals surface area contributed by atoms with Gasteiger partial charge in [-0.3, -0.25) is 9.79 Å². The van der Waals surface area contributed by atoms with Crippen molar-refractivity contribution in [1.29, 1.82) is 0 Å². The molecule has 0 spiro atoms. The highest BCUT2D eigenvalue weighted by Gasteiger charge is 2.17. The molecule has 4 nitrogen and oxygen atoms in total. The van der Waals surface area contributed by atoms with E-state index >= 15 is 0 Å². The van der Waals surface area contributed by atoms with E-state index in [-0.39, 0.29) is 5.91 Å². The van der Waals surface area contributed by atoms with Gasteiger partial charge in [0.05, 0.1) is 6.21 Å². The number of rotatable bonds is 0. The van der Waals surface area contributed by atoms with E-state index in [0.717, 1.165) is 6.54 Å². The van der Waals surface area contributed by atoms with Crippen LogP contribution in [0.2, 0.25) is 0 Å². The monoisotopic (exact) mass is 149 g/mol. The lowest BCUT2D eigenvalue weighted by molar-refractivity contribution is -0.118. The van der Waals surface area contributed by atoms with Gasteiger partial charge in [0.1, 0.15) is 0 Å². The highest BCUT2D eigenvalue weighted by atomic mass is 16.1. The Morgan fingerprint density at radius 1 is 1.55 bits per heavy atom. The van der Waals surface area contributed by atoms with Crippen LogP contribution in [0.1, 0.15) is 6.42 Å². The quantitative estimate of drug-likeness (QED) is 0.493. The second kappa shape index (κ2) is 2.30. The normalized spacial score (nSPS) is 21.6. The summed E-state index contributed by atoms with van der Waals surface area (Å²) in [6, 6.07) is 0. The van der Waals surface area contributed by atoms with E-state index < -0.39 is 0 Å². The molecule has 0 aliphatic carbocycles. The van der Waals surface area contributed by atoms with Crippen LogP contribution in [0.3, 0.4) is 0 Å². The van der Waals surface area contributed by atoms with Crippen molar-refractivity contribution in [2.24, 2.45) is 9.98 Å². The molecular formula is C7H7N3O. The number of amides is 1. The number of amidine groups is 1. The molecule has 56 valence electrons. The Morgan fingerprint density at radius 2 is 2.45 bits per heavy atom. The lowest BCUT2D eigenvalue weighted by atomic mass is 10.3. The summed E-state index contributed by atoms with van der Waals surface area (Å²) in [6.45, 7) is 0.722. The minimum atomic E-state index is -0.0574. The second-order valence-corrected chi connectivity index (χ2v) is 2.38. The molecule has 0 aromatic rings. The van der Waals surface area contributed by atoms with Crippen molar-refractivity contribution in [1.82, 2.24) is 4.90 Å². The first-order valence-electron chi connectivity index (χ1n) is 3.44. The van der Waals surface area contributed by atoms with Gasteiger partial charge >= 0.3 is 0 Å². The molecule has 0 bridgehead atoms. The van der Waals surface area contributed by atoms with Gasteiger partial charge in [-0.1, -0.05) is 0 Å². The first-order chi connectivity index (χ1) is 5.36. The summed E-state index contributed by atoms with van der Waals surface area (Å²) in [5.74, 6) is 0.599. The van der Waals surface area contributed by atoms with Crippen molar-refractivity contribution in [3.8, 4) is 0 Å². The Morgan fingerprint density at radius 3 is 3.36 bits per heavy atom. The Labute approximate surface area is 63.9 Å². The van der Waals surface area contributed by atoms with E-state index in [4.69, 9.17) is 0 Å². The minimum absolute atomic E-state index is 0.0574. The number of hydrogen-bond donors (Lipinski definition) is 0. The van der Waals surface area contributed by atoms with Crippen molar-refractivity contribution in [2.45, 2.75) is 6.42 Å². The van der Waals surface area contributed by atoms with Gasteiger partial charge in [0.15, 0.2) is 5.84 Å². The number of nitrogens with zero attached hydrogens (tertiary/aromatic N) is 3. The van der Waals surface area contributed by atoms with Crippen LogP contribution < -0.4 is 0 Å². The summed E-state index contributed by atoms with van der Waals surface area (Å²) in [5, 5.41) is 0. The van der Waals surface area contributed by atoms with Crippen LogP contribution in [-0.2, 0) is 4.79 Å². The predicted molar refractivity (Wildman–Crippen MR) is 41.4 cm³/mol. The van der Waals surface area contributed by atoms with E-state index in [1.807, 2.05) is 11.1 Å². The Bertz CT molecular complexity index is 277. The molecule has 0 fully saturated rings. The van der Waals surface area contributed by atoms with E-state index in [0.29, 0.717) is 12.3 Å². The van der Waals surface area contributed by atoms with Gasteiger partial charge in [-0.2, -0.15) is 4.99 Å². The number of carbonyl (C=O) groups excluding carboxylic acids is 1. The molecule has 0 aromatic carbocycles. The Balaban J connectivity index is 2.33. The molecule has 0 unspecified atom stereocenters. The van der Waals surface area contributed by atoms with E-state index in [9.17, 15) is 4.79 Å². The SMILES string of the molecule is O=C1CCN2C=CN=CC2=N1. The van der Waals surface area contributed by atoms with E-state index in [1.54, 1.807) is 12.4 Å². The van der Waals surface area contributed by atoms with Crippen molar-refractivity contribution >= 4 is 18.0 Å². The molecule has 2 rings (SSSR count). The van der Waals surface area contributed by atoms with E-state index in [2.05, 4.69) is 9.98 Å². The number of carbonyl (C=O) groups is 1. The van der Waals surface area contributed by atoms with Crippen molar-refractivity contribution in [3.05, 3.63) is 12.4 Å². The average Bonchev–Trinajstić information content (AvgIpc) is 2.04. The summed E-state index contributed by atoms with van der Waals surface area (Å²) in [4.78, 5) is 20.4. The van der Waals surface area contributed by atoms with Crippen LogP contribution in [0, 0.1) is 0 Å². The molecule has 0 N–H and O–H groups in total. The average molecular weight is 149 g/mol. The Kier molecular flexibility index (Phi) is 1.31. The zero-order valence-corrected chi connectivity index (χ0v) is 5.90. The Hall–Kier alpha value is -1.45. The molecule has 0 radical (unpaired) electrons. The standard InChI is InChI=1S/C7H7N3O/c11-7-1-3-10-4-2-8-5-6(10)9-7/h2,4-5H,1,3H2. The number of hydrogen-bond acceptors (Lipinski definition) is 3. The maximum absolute atomic E-state index is 10.8. The summed E-state index contributed by atoms with van der Waals surface area (Å²) in [7, 11) is 0. The van der Waals surface area contributed by atoms with Crippen LogP contribution in [0.25, 0.3) is 0 Å². The molecule has 4 heteroatoms. The highest BCUT2D eigenvalue weighted by molar-refractivity contribution is 6.32. The van der Waals surface area contributed by atoms with Crippen LogP contribution >= 0.6 is 0 Å². The molecule has 1 amide bonds. The molecule has 0 saturated heterocycles. The third kappa shape index (κ3) is 1.07. The zero-order valence-electron chi connectivity index (χ0n) is 5.90. The van der Waals surface area contributed by atoms with Crippen LogP contribution in [0.4, 0.5) is 0 Å². The molecule has 0 aromatic heterocycles. The van der Waals surface area contributed by atoms with E-state index in [1.165, 1.54) is 0 Å². The van der Waals surface area contributed by atoms with Gasteiger partial charge < -0.3 is 4.90 Å². The van der Waals surface area contributed by atoms with Crippen molar-refractivity contribution in [3.63, 3.8) is 0 Å². The maximum Gasteiger partial charge on any atom is 0.249 e. The first kappa shape index (κ1) is 6.27. The zero-order chi connectivity index (χ0) is 7.68. The molecular weight excluding hydrogens is 142 g/mol. The lowest BCUT2D eigenvalue weighted by Gasteiger charge is -2.23. The topological polar surface area (TPSA) is 45.0 Å². The first-order valence-corrected chi connectivity index (χ1v) is 3.44. The fraction of sp³-hybridized carbons (Fsp3) is 0.286. The molecule has 2 aliphatic rings. The lowest BCUT2D eigenvalue weighted by Crippen LogP contribution is -2.35. The van der Waals surface area contributed by atoms with Crippen molar-refractivity contribution in [2.75, 3.05) is 6.54 Å². The third-order valence-corrected chi connectivity index (χ3v) is 1.62. The minimum Gasteiger partial charge on any atom is -0.330 e. The van der Waals surface area contributed by atoms with Gasteiger partial charge in [0.2, 0.25) is 5.91 Å².